The molecule has 3 nitrogen and oxygen atoms in total. The average Bonchev–Trinajstić information content (AvgIpc) is 2.78. The highest BCUT2D eigenvalue weighted by Gasteiger charge is 2.47. The summed E-state index contributed by atoms with van der Waals surface area (Å²) in [6.07, 6.45) is 11.4. The summed E-state index contributed by atoms with van der Waals surface area (Å²) in [6.45, 7) is 5.58. The number of rotatable bonds is 2. The maximum Gasteiger partial charge on any atom is 0.0537 e. The normalized spacial score (nSPS) is 27.4. The Labute approximate surface area is 104 Å². The van der Waals surface area contributed by atoms with Crippen molar-refractivity contribution in [1.29, 1.82) is 0 Å². The highest BCUT2D eigenvalue weighted by Crippen LogP contribution is 2.51. The molecule has 1 atom stereocenters. The molecule has 94 valence electrons. The smallest absolute Gasteiger partial charge is 0.0537 e. The predicted molar refractivity (Wildman–Crippen MR) is 68.9 cm³/mol. The Hall–Kier alpha value is -0.830. The lowest BCUT2D eigenvalue weighted by molar-refractivity contribution is 0.0360. The molecule has 1 aliphatic heterocycles. The first-order valence-corrected chi connectivity index (χ1v) is 6.99. The van der Waals surface area contributed by atoms with Gasteiger partial charge in [0.2, 0.25) is 0 Å². The largest absolute Gasteiger partial charge is 0.309 e. The topological polar surface area (TPSA) is 29.9 Å². The second kappa shape index (κ2) is 4.13. The lowest BCUT2D eigenvalue weighted by Crippen LogP contribution is -2.56. The van der Waals surface area contributed by atoms with Gasteiger partial charge in [-0.1, -0.05) is 19.3 Å². The maximum absolute atomic E-state index is 4.47. The Morgan fingerprint density at radius 1 is 1.35 bits per heavy atom. The van der Waals surface area contributed by atoms with Gasteiger partial charge in [-0.15, -0.1) is 0 Å². The van der Waals surface area contributed by atoms with Crippen molar-refractivity contribution in [3.8, 4) is 0 Å². The molecule has 0 bridgehead atoms. The summed E-state index contributed by atoms with van der Waals surface area (Å²) in [6, 6.07) is 1.03. The third-order valence-corrected chi connectivity index (χ3v) is 4.60. The van der Waals surface area contributed by atoms with E-state index < -0.39 is 0 Å². The van der Waals surface area contributed by atoms with Crippen LogP contribution in [0.5, 0.6) is 0 Å². The predicted octanol–water partition coefficient (Wildman–Crippen LogP) is 3.06. The minimum Gasteiger partial charge on any atom is -0.309 e. The van der Waals surface area contributed by atoms with Gasteiger partial charge in [-0.05, 0) is 26.7 Å². The van der Waals surface area contributed by atoms with Gasteiger partial charge in [0, 0.05) is 35.8 Å². The molecular formula is C14H23N3. The van der Waals surface area contributed by atoms with Gasteiger partial charge in [-0.25, -0.2) is 0 Å². The number of aromatic nitrogens is 2. The monoisotopic (exact) mass is 233 g/mol. The van der Waals surface area contributed by atoms with Crippen LogP contribution in [0.3, 0.4) is 0 Å². The Morgan fingerprint density at radius 2 is 2.12 bits per heavy atom. The van der Waals surface area contributed by atoms with Crippen LogP contribution in [0, 0.1) is 5.41 Å². The Balaban J connectivity index is 1.79. The van der Waals surface area contributed by atoms with Crippen LogP contribution in [0.2, 0.25) is 0 Å². The highest BCUT2D eigenvalue weighted by molar-refractivity contribution is 5.20. The van der Waals surface area contributed by atoms with Crippen molar-refractivity contribution in [2.45, 2.75) is 58.0 Å². The number of hydrogen-bond donors (Lipinski definition) is 1. The molecule has 3 heteroatoms. The van der Waals surface area contributed by atoms with Crippen LogP contribution in [0.25, 0.3) is 0 Å². The van der Waals surface area contributed by atoms with E-state index in [9.17, 15) is 0 Å². The molecule has 2 heterocycles. The molecule has 0 amide bonds. The minimum atomic E-state index is 0.464. The zero-order valence-corrected chi connectivity index (χ0v) is 10.9. The van der Waals surface area contributed by atoms with Gasteiger partial charge < -0.3 is 5.32 Å². The van der Waals surface area contributed by atoms with Crippen molar-refractivity contribution in [2.75, 3.05) is 6.54 Å². The molecule has 17 heavy (non-hydrogen) atoms. The first kappa shape index (κ1) is 11.3. The van der Waals surface area contributed by atoms with E-state index in [1.165, 1.54) is 44.2 Å². The summed E-state index contributed by atoms with van der Waals surface area (Å²) in [4.78, 5) is 0. The van der Waals surface area contributed by atoms with E-state index in [0.717, 1.165) is 0 Å². The molecule has 3 rings (SSSR count). The Morgan fingerprint density at radius 3 is 2.65 bits per heavy atom. The molecule has 1 saturated heterocycles. The van der Waals surface area contributed by atoms with Gasteiger partial charge in [-0.2, -0.15) is 5.10 Å². The zero-order valence-electron chi connectivity index (χ0n) is 10.9. The molecule has 1 aliphatic carbocycles. The highest BCUT2D eigenvalue weighted by atomic mass is 15.3. The third kappa shape index (κ3) is 1.81. The van der Waals surface area contributed by atoms with Crippen LogP contribution < -0.4 is 5.32 Å². The molecule has 1 aromatic rings. The first-order valence-electron chi connectivity index (χ1n) is 6.99. The van der Waals surface area contributed by atoms with Crippen molar-refractivity contribution in [1.82, 2.24) is 15.1 Å². The summed E-state index contributed by atoms with van der Waals surface area (Å²) in [7, 11) is 0. The second-order valence-electron chi connectivity index (χ2n) is 6.08. The van der Waals surface area contributed by atoms with Crippen LogP contribution in [0.15, 0.2) is 12.4 Å². The molecule has 1 saturated carbocycles. The molecule has 1 spiro atoms. The molecule has 1 N–H and O–H groups in total. The molecule has 1 aromatic heterocycles. The van der Waals surface area contributed by atoms with Gasteiger partial charge in [0.25, 0.3) is 0 Å². The summed E-state index contributed by atoms with van der Waals surface area (Å²) in [5.41, 5.74) is 1.95. The fraction of sp³-hybridized carbons (Fsp3) is 0.786. The summed E-state index contributed by atoms with van der Waals surface area (Å²) < 4.78 is 2.08. The van der Waals surface area contributed by atoms with E-state index in [1.807, 2.05) is 0 Å². The van der Waals surface area contributed by atoms with Crippen LogP contribution in [-0.2, 0) is 0 Å². The molecule has 2 fully saturated rings. The third-order valence-electron chi connectivity index (χ3n) is 4.60. The average molecular weight is 233 g/mol. The van der Waals surface area contributed by atoms with E-state index >= 15 is 0 Å². The molecular weight excluding hydrogens is 210 g/mol. The molecule has 0 unspecified atom stereocenters. The fourth-order valence-electron chi connectivity index (χ4n) is 3.47. The quantitative estimate of drug-likeness (QED) is 0.851. The number of hydrogen-bond acceptors (Lipinski definition) is 2. The van der Waals surface area contributed by atoms with Gasteiger partial charge >= 0.3 is 0 Å². The number of nitrogens with one attached hydrogen (secondary N) is 1. The van der Waals surface area contributed by atoms with Crippen LogP contribution in [0.4, 0.5) is 0 Å². The van der Waals surface area contributed by atoms with E-state index in [0.29, 0.717) is 17.5 Å². The maximum atomic E-state index is 4.47. The standard InChI is InChI=1S/C14H23N3/c1-11(2)17-9-12(8-16-17)13-14(10-15-13)6-4-3-5-7-14/h8-9,11,13,15H,3-7,10H2,1-2H3/t13-/m0/s1. The molecule has 0 aromatic carbocycles. The van der Waals surface area contributed by atoms with E-state index in [1.54, 1.807) is 0 Å². The van der Waals surface area contributed by atoms with Crippen LogP contribution >= 0.6 is 0 Å². The summed E-state index contributed by atoms with van der Waals surface area (Å²) in [5.74, 6) is 0. The van der Waals surface area contributed by atoms with Crippen molar-refractivity contribution >= 4 is 0 Å². The van der Waals surface area contributed by atoms with E-state index in [-0.39, 0.29) is 0 Å². The van der Waals surface area contributed by atoms with Gasteiger partial charge in [-0.3, -0.25) is 4.68 Å². The van der Waals surface area contributed by atoms with Crippen molar-refractivity contribution in [3.63, 3.8) is 0 Å². The van der Waals surface area contributed by atoms with Crippen molar-refractivity contribution in [2.24, 2.45) is 5.41 Å². The van der Waals surface area contributed by atoms with Gasteiger partial charge in [0.05, 0.1) is 6.20 Å². The van der Waals surface area contributed by atoms with Gasteiger partial charge in [0.15, 0.2) is 0 Å². The van der Waals surface area contributed by atoms with Crippen LogP contribution in [0.1, 0.15) is 63.6 Å². The zero-order chi connectivity index (χ0) is 11.9. The first-order chi connectivity index (χ1) is 8.21. The Kier molecular flexibility index (Phi) is 2.74. The van der Waals surface area contributed by atoms with Gasteiger partial charge in [0.1, 0.15) is 0 Å². The number of nitrogens with zero attached hydrogens (tertiary/aromatic N) is 2. The molecule has 2 aliphatic rings. The lowest BCUT2D eigenvalue weighted by atomic mass is 9.63. The second-order valence-corrected chi connectivity index (χ2v) is 6.08. The SMILES string of the molecule is CC(C)n1cc([C@@H]2NCC23CCCCC3)cn1. The summed E-state index contributed by atoms with van der Waals surface area (Å²) >= 11 is 0. The fourth-order valence-corrected chi connectivity index (χ4v) is 3.47. The van der Waals surface area contributed by atoms with Crippen molar-refractivity contribution in [3.05, 3.63) is 18.0 Å². The van der Waals surface area contributed by atoms with Crippen LogP contribution in [-0.4, -0.2) is 16.3 Å². The summed E-state index contributed by atoms with van der Waals surface area (Å²) in [5, 5.41) is 8.09. The Bertz CT molecular complexity index is 388. The molecule has 0 radical (unpaired) electrons. The minimum absolute atomic E-state index is 0.464. The van der Waals surface area contributed by atoms with E-state index in [2.05, 4.69) is 41.3 Å². The lowest BCUT2D eigenvalue weighted by Gasteiger charge is -2.52. The van der Waals surface area contributed by atoms with Crippen molar-refractivity contribution < 1.29 is 0 Å². The van der Waals surface area contributed by atoms with E-state index in [4.69, 9.17) is 0 Å².